The van der Waals surface area contributed by atoms with E-state index >= 15 is 0 Å². The van der Waals surface area contributed by atoms with Gasteiger partial charge in [-0.3, -0.25) is 4.79 Å². The summed E-state index contributed by atoms with van der Waals surface area (Å²) in [4.78, 5) is 12.6. The normalized spacial score (nSPS) is 19.3. The fraction of sp³-hybridized carbons (Fsp3) is 0.562. The predicted molar refractivity (Wildman–Crippen MR) is 79.2 cm³/mol. The van der Waals surface area contributed by atoms with Crippen molar-refractivity contribution in [3.8, 4) is 0 Å². The van der Waals surface area contributed by atoms with Crippen molar-refractivity contribution >= 4 is 5.91 Å². The molecule has 1 saturated heterocycles. The minimum atomic E-state index is -0.318. The molecule has 1 heterocycles. The summed E-state index contributed by atoms with van der Waals surface area (Å²) < 4.78 is 0. The molecule has 1 aliphatic rings. The summed E-state index contributed by atoms with van der Waals surface area (Å²) in [6.07, 6.45) is 2.57. The summed E-state index contributed by atoms with van der Waals surface area (Å²) in [6, 6.07) is 9.32. The molecule has 20 heavy (non-hydrogen) atoms. The Balaban J connectivity index is 2.08. The van der Waals surface area contributed by atoms with Crippen LogP contribution in [0.25, 0.3) is 0 Å². The van der Waals surface area contributed by atoms with Crippen LogP contribution in [0.5, 0.6) is 0 Å². The zero-order valence-corrected chi connectivity index (χ0v) is 12.1. The largest absolute Gasteiger partial charge is 0.394 e. The number of nitrogens with one attached hydrogen (secondary N) is 2. The third-order valence-electron chi connectivity index (χ3n) is 4.41. The topological polar surface area (TPSA) is 61.4 Å². The van der Waals surface area contributed by atoms with Gasteiger partial charge in [0.05, 0.1) is 18.1 Å². The molecule has 1 atom stereocenters. The molecule has 1 aromatic carbocycles. The fourth-order valence-electron chi connectivity index (χ4n) is 2.88. The second-order valence-corrected chi connectivity index (χ2v) is 5.50. The van der Waals surface area contributed by atoms with Gasteiger partial charge in [0.15, 0.2) is 0 Å². The molecular formula is C16H24N2O2. The number of hydrogen-bond acceptors (Lipinski definition) is 3. The van der Waals surface area contributed by atoms with Gasteiger partial charge in [-0.05, 0) is 37.9 Å². The highest BCUT2D eigenvalue weighted by Gasteiger charge is 2.38. The van der Waals surface area contributed by atoms with E-state index in [0.717, 1.165) is 37.9 Å². The highest BCUT2D eigenvalue weighted by molar-refractivity contribution is 5.83. The minimum absolute atomic E-state index is 0.0735. The molecule has 4 heteroatoms. The summed E-state index contributed by atoms with van der Waals surface area (Å²) in [7, 11) is 0. The van der Waals surface area contributed by atoms with Crippen LogP contribution in [-0.2, 0) is 4.79 Å². The average molecular weight is 276 g/mol. The Morgan fingerprint density at radius 2 is 2.00 bits per heavy atom. The Hall–Kier alpha value is -1.39. The van der Waals surface area contributed by atoms with Gasteiger partial charge in [-0.25, -0.2) is 0 Å². The van der Waals surface area contributed by atoms with Crippen LogP contribution in [0.3, 0.4) is 0 Å². The second kappa shape index (κ2) is 6.86. The second-order valence-electron chi connectivity index (χ2n) is 5.50. The Morgan fingerprint density at radius 1 is 1.35 bits per heavy atom. The number of amides is 1. The van der Waals surface area contributed by atoms with Crippen molar-refractivity contribution < 1.29 is 9.90 Å². The van der Waals surface area contributed by atoms with Crippen molar-refractivity contribution in [2.24, 2.45) is 5.41 Å². The molecule has 1 aliphatic heterocycles. The van der Waals surface area contributed by atoms with E-state index in [2.05, 4.69) is 17.6 Å². The van der Waals surface area contributed by atoms with Gasteiger partial charge in [0.1, 0.15) is 0 Å². The van der Waals surface area contributed by atoms with Gasteiger partial charge in [0.25, 0.3) is 0 Å². The van der Waals surface area contributed by atoms with Gasteiger partial charge >= 0.3 is 0 Å². The lowest BCUT2D eigenvalue weighted by Crippen LogP contribution is -2.48. The van der Waals surface area contributed by atoms with Gasteiger partial charge in [-0.2, -0.15) is 0 Å². The van der Waals surface area contributed by atoms with Gasteiger partial charge in [0, 0.05) is 0 Å². The molecule has 0 saturated carbocycles. The maximum absolute atomic E-state index is 12.6. The van der Waals surface area contributed by atoms with E-state index in [1.54, 1.807) is 0 Å². The first kappa shape index (κ1) is 15.0. The third-order valence-corrected chi connectivity index (χ3v) is 4.41. The van der Waals surface area contributed by atoms with E-state index in [-0.39, 0.29) is 24.0 Å². The van der Waals surface area contributed by atoms with E-state index < -0.39 is 0 Å². The summed E-state index contributed by atoms with van der Waals surface area (Å²) in [5, 5.41) is 15.9. The van der Waals surface area contributed by atoms with Crippen molar-refractivity contribution in [3.05, 3.63) is 35.9 Å². The summed E-state index contributed by atoms with van der Waals surface area (Å²) in [6.45, 7) is 3.77. The summed E-state index contributed by atoms with van der Waals surface area (Å²) in [5.41, 5.74) is 0.663. The lowest BCUT2D eigenvalue weighted by Gasteiger charge is -2.36. The average Bonchev–Trinajstić information content (AvgIpc) is 2.53. The van der Waals surface area contributed by atoms with Crippen LogP contribution in [0.4, 0.5) is 0 Å². The Labute approximate surface area is 120 Å². The van der Waals surface area contributed by atoms with Crippen LogP contribution in [0, 0.1) is 5.41 Å². The maximum atomic E-state index is 12.6. The number of carbonyl (C=O) groups excluding carboxylic acids is 1. The predicted octanol–water partition coefficient (Wildman–Crippen LogP) is 1.62. The molecule has 3 N–H and O–H groups in total. The number of piperidine rings is 1. The van der Waals surface area contributed by atoms with Crippen LogP contribution in [0.15, 0.2) is 30.3 Å². The van der Waals surface area contributed by atoms with Crippen LogP contribution in [0.2, 0.25) is 0 Å². The molecule has 0 aliphatic carbocycles. The van der Waals surface area contributed by atoms with Crippen LogP contribution in [-0.4, -0.2) is 30.7 Å². The summed E-state index contributed by atoms with van der Waals surface area (Å²) in [5.74, 6) is 0.0735. The van der Waals surface area contributed by atoms with Crippen LogP contribution < -0.4 is 10.6 Å². The number of hydrogen-bond donors (Lipinski definition) is 3. The first-order valence-corrected chi connectivity index (χ1v) is 7.39. The van der Waals surface area contributed by atoms with Crippen molar-refractivity contribution in [2.75, 3.05) is 19.7 Å². The van der Waals surface area contributed by atoms with Gasteiger partial charge in [-0.15, -0.1) is 0 Å². The molecule has 0 aromatic heterocycles. The van der Waals surface area contributed by atoms with Crippen LogP contribution in [0.1, 0.15) is 37.8 Å². The molecule has 2 rings (SSSR count). The Morgan fingerprint density at radius 3 is 2.55 bits per heavy atom. The van der Waals surface area contributed by atoms with E-state index in [4.69, 9.17) is 0 Å². The molecule has 1 fully saturated rings. The smallest absolute Gasteiger partial charge is 0.226 e. The SMILES string of the molecule is CCC1(C(=O)N[C@@H](CO)c2ccccc2)CCNCC1. The number of rotatable bonds is 5. The first-order chi connectivity index (χ1) is 9.72. The monoisotopic (exact) mass is 276 g/mol. The Bertz CT molecular complexity index is 427. The highest BCUT2D eigenvalue weighted by Crippen LogP contribution is 2.33. The van der Waals surface area contributed by atoms with Crippen molar-refractivity contribution in [1.29, 1.82) is 0 Å². The molecule has 0 unspecified atom stereocenters. The van der Waals surface area contributed by atoms with Gasteiger partial charge in [0.2, 0.25) is 5.91 Å². The first-order valence-electron chi connectivity index (χ1n) is 7.39. The highest BCUT2D eigenvalue weighted by atomic mass is 16.3. The molecule has 0 bridgehead atoms. The van der Waals surface area contributed by atoms with E-state index in [0.29, 0.717) is 0 Å². The third kappa shape index (κ3) is 3.19. The molecule has 4 nitrogen and oxygen atoms in total. The maximum Gasteiger partial charge on any atom is 0.226 e. The van der Waals surface area contributed by atoms with Gasteiger partial charge < -0.3 is 15.7 Å². The quantitative estimate of drug-likeness (QED) is 0.766. The number of carbonyl (C=O) groups is 1. The number of benzene rings is 1. The lowest BCUT2D eigenvalue weighted by atomic mass is 9.75. The van der Waals surface area contributed by atoms with Crippen molar-refractivity contribution in [3.63, 3.8) is 0 Å². The fourth-order valence-corrected chi connectivity index (χ4v) is 2.88. The van der Waals surface area contributed by atoms with E-state index in [1.165, 1.54) is 0 Å². The molecule has 0 radical (unpaired) electrons. The number of aliphatic hydroxyl groups excluding tert-OH is 1. The van der Waals surface area contributed by atoms with E-state index in [1.807, 2.05) is 30.3 Å². The van der Waals surface area contributed by atoms with E-state index in [9.17, 15) is 9.90 Å². The Kier molecular flexibility index (Phi) is 5.15. The summed E-state index contributed by atoms with van der Waals surface area (Å²) >= 11 is 0. The zero-order valence-electron chi connectivity index (χ0n) is 12.1. The molecule has 1 amide bonds. The molecule has 1 aromatic rings. The zero-order chi connectivity index (χ0) is 14.4. The molecular weight excluding hydrogens is 252 g/mol. The molecule has 110 valence electrons. The molecule has 0 spiro atoms. The van der Waals surface area contributed by atoms with Crippen molar-refractivity contribution in [1.82, 2.24) is 10.6 Å². The van der Waals surface area contributed by atoms with Crippen LogP contribution >= 0.6 is 0 Å². The number of aliphatic hydroxyl groups is 1. The minimum Gasteiger partial charge on any atom is -0.394 e. The van der Waals surface area contributed by atoms with Gasteiger partial charge in [-0.1, -0.05) is 37.3 Å². The van der Waals surface area contributed by atoms with Crippen molar-refractivity contribution in [2.45, 2.75) is 32.2 Å². The standard InChI is InChI=1S/C16H24N2O2/c1-2-16(8-10-17-11-9-16)15(20)18-14(12-19)13-6-4-3-5-7-13/h3-7,14,17,19H,2,8-12H2,1H3,(H,18,20)/t14-/m0/s1. The lowest BCUT2D eigenvalue weighted by molar-refractivity contribution is -0.134.